The first-order valence-electron chi connectivity index (χ1n) is 6.08. The Morgan fingerprint density at radius 3 is 2.76 bits per heavy atom. The Morgan fingerprint density at radius 1 is 1.35 bits per heavy atom. The van der Waals surface area contributed by atoms with E-state index >= 15 is 0 Å². The SMILES string of the molecule is CNCCc1cc2cccc(Br)c2n1C(C)C. The lowest BCUT2D eigenvalue weighted by Crippen LogP contribution is -2.14. The lowest BCUT2D eigenvalue weighted by molar-refractivity contribution is 0.587. The Bertz CT molecular complexity index is 514. The molecule has 0 fully saturated rings. The molecule has 92 valence electrons. The van der Waals surface area contributed by atoms with Crippen molar-refractivity contribution >= 4 is 26.8 Å². The van der Waals surface area contributed by atoms with Crippen LogP contribution in [-0.2, 0) is 6.42 Å². The topological polar surface area (TPSA) is 17.0 Å². The molecule has 0 aliphatic rings. The summed E-state index contributed by atoms with van der Waals surface area (Å²) in [5, 5.41) is 4.53. The number of hydrogen-bond donors (Lipinski definition) is 1. The molecule has 2 nitrogen and oxygen atoms in total. The van der Waals surface area contributed by atoms with Gasteiger partial charge in [0.1, 0.15) is 0 Å². The zero-order valence-corrected chi connectivity index (χ0v) is 12.2. The molecule has 1 heterocycles. The van der Waals surface area contributed by atoms with Gasteiger partial charge in [0.05, 0.1) is 5.52 Å². The molecule has 0 spiro atoms. The lowest BCUT2D eigenvalue weighted by atomic mass is 10.2. The summed E-state index contributed by atoms with van der Waals surface area (Å²) < 4.78 is 3.61. The van der Waals surface area contributed by atoms with E-state index in [-0.39, 0.29) is 0 Å². The smallest absolute Gasteiger partial charge is 0.0629 e. The van der Waals surface area contributed by atoms with Crippen LogP contribution in [0.2, 0.25) is 0 Å². The maximum atomic E-state index is 3.66. The van der Waals surface area contributed by atoms with Crippen molar-refractivity contribution in [3.8, 4) is 0 Å². The summed E-state index contributed by atoms with van der Waals surface area (Å²) in [6, 6.07) is 9.18. The largest absolute Gasteiger partial charge is 0.341 e. The molecule has 0 saturated heterocycles. The number of nitrogens with one attached hydrogen (secondary N) is 1. The minimum absolute atomic E-state index is 0.484. The molecule has 0 unspecified atom stereocenters. The third-order valence-electron chi connectivity index (χ3n) is 3.04. The maximum absolute atomic E-state index is 3.66. The van der Waals surface area contributed by atoms with E-state index in [0.717, 1.165) is 13.0 Å². The Labute approximate surface area is 111 Å². The molecule has 0 aliphatic heterocycles. The van der Waals surface area contributed by atoms with Crippen molar-refractivity contribution in [1.82, 2.24) is 9.88 Å². The highest BCUT2D eigenvalue weighted by atomic mass is 79.9. The van der Waals surface area contributed by atoms with Gasteiger partial charge in [0.15, 0.2) is 0 Å². The molecule has 0 saturated carbocycles. The van der Waals surface area contributed by atoms with E-state index in [0.29, 0.717) is 6.04 Å². The van der Waals surface area contributed by atoms with Crippen LogP contribution in [0.5, 0.6) is 0 Å². The number of fused-ring (bicyclic) bond motifs is 1. The first kappa shape index (κ1) is 12.7. The predicted octanol–water partition coefficient (Wildman–Crippen LogP) is 3.75. The number of rotatable bonds is 4. The van der Waals surface area contributed by atoms with Gasteiger partial charge in [-0.1, -0.05) is 12.1 Å². The van der Waals surface area contributed by atoms with Gasteiger partial charge >= 0.3 is 0 Å². The standard InChI is InChI=1S/C14H19BrN2/c1-10(2)17-12(7-8-16-3)9-11-5-4-6-13(15)14(11)17/h4-6,9-10,16H,7-8H2,1-3H3. The average Bonchev–Trinajstić information content (AvgIpc) is 2.66. The van der Waals surface area contributed by atoms with E-state index < -0.39 is 0 Å². The number of benzene rings is 1. The highest BCUT2D eigenvalue weighted by molar-refractivity contribution is 9.10. The summed E-state index contributed by atoms with van der Waals surface area (Å²) >= 11 is 3.66. The van der Waals surface area contributed by atoms with E-state index in [9.17, 15) is 0 Å². The van der Waals surface area contributed by atoms with Crippen molar-refractivity contribution in [2.45, 2.75) is 26.3 Å². The van der Waals surface area contributed by atoms with Crippen LogP contribution in [0.4, 0.5) is 0 Å². The molecule has 3 heteroatoms. The van der Waals surface area contributed by atoms with Crippen molar-refractivity contribution in [3.05, 3.63) is 34.4 Å². The second kappa shape index (κ2) is 5.23. The normalized spacial score (nSPS) is 11.6. The molecule has 2 rings (SSSR count). The third kappa shape index (κ3) is 2.40. The van der Waals surface area contributed by atoms with E-state index in [1.165, 1.54) is 21.1 Å². The van der Waals surface area contributed by atoms with Gasteiger partial charge in [-0.3, -0.25) is 0 Å². The number of halogens is 1. The summed E-state index contributed by atoms with van der Waals surface area (Å²) in [4.78, 5) is 0. The van der Waals surface area contributed by atoms with Crippen molar-refractivity contribution in [2.75, 3.05) is 13.6 Å². The van der Waals surface area contributed by atoms with Crippen LogP contribution in [-0.4, -0.2) is 18.2 Å². The van der Waals surface area contributed by atoms with Crippen LogP contribution >= 0.6 is 15.9 Å². The average molecular weight is 295 g/mol. The van der Waals surface area contributed by atoms with Crippen molar-refractivity contribution in [3.63, 3.8) is 0 Å². The van der Waals surface area contributed by atoms with Gasteiger partial charge in [0.25, 0.3) is 0 Å². The Hall–Kier alpha value is -0.800. The molecule has 0 atom stereocenters. The molecule has 0 radical (unpaired) electrons. The minimum atomic E-state index is 0.484. The molecule has 17 heavy (non-hydrogen) atoms. The van der Waals surface area contributed by atoms with Gasteiger partial charge in [-0.15, -0.1) is 0 Å². The van der Waals surface area contributed by atoms with E-state index in [1.807, 2.05) is 7.05 Å². The number of likely N-dealkylation sites (N-methyl/N-ethyl adjacent to an activating group) is 1. The molecule has 0 aliphatic carbocycles. The van der Waals surface area contributed by atoms with Gasteiger partial charge < -0.3 is 9.88 Å². The van der Waals surface area contributed by atoms with Gasteiger partial charge in [0, 0.05) is 34.6 Å². The molecule has 1 aromatic carbocycles. The van der Waals surface area contributed by atoms with Crippen molar-refractivity contribution in [1.29, 1.82) is 0 Å². The lowest BCUT2D eigenvalue weighted by Gasteiger charge is -2.15. The zero-order valence-electron chi connectivity index (χ0n) is 10.6. The molecule has 1 aromatic heterocycles. The van der Waals surface area contributed by atoms with Gasteiger partial charge in [-0.05, 0) is 49.0 Å². The fourth-order valence-electron chi connectivity index (χ4n) is 2.33. The molecule has 2 aromatic rings. The molecule has 0 amide bonds. The summed E-state index contributed by atoms with van der Waals surface area (Å²) in [6.07, 6.45) is 1.07. The van der Waals surface area contributed by atoms with Crippen LogP contribution in [0, 0.1) is 0 Å². The highest BCUT2D eigenvalue weighted by Crippen LogP contribution is 2.30. The number of aromatic nitrogens is 1. The first-order valence-corrected chi connectivity index (χ1v) is 6.87. The van der Waals surface area contributed by atoms with Crippen molar-refractivity contribution < 1.29 is 0 Å². The van der Waals surface area contributed by atoms with Crippen molar-refractivity contribution in [2.24, 2.45) is 0 Å². The summed E-state index contributed by atoms with van der Waals surface area (Å²) in [7, 11) is 2.00. The highest BCUT2D eigenvalue weighted by Gasteiger charge is 2.12. The zero-order chi connectivity index (χ0) is 12.4. The fraction of sp³-hybridized carbons (Fsp3) is 0.429. The van der Waals surface area contributed by atoms with Crippen LogP contribution < -0.4 is 5.32 Å². The van der Waals surface area contributed by atoms with Gasteiger partial charge in [-0.2, -0.15) is 0 Å². The Kier molecular flexibility index (Phi) is 3.89. The molecule has 0 bridgehead atoms. The summed E-state index contributed by atoms with van der Waals surface area (Å²) in [6.45, 7) is 5.49. The van der Waals surface area contributed by atoms with E-state index in [4.69, 9.17) is 0 Å². The van der Waals surface area contributed by atoms with Gasteiger partial charge in [0.2, 0.25) is 0 Å². The third-order valence-corrected chi connectivity index (χ3v) is 3.68. The van der Waals surface area contributed by atoms with Crippen LogP contribution in [0.3, 0.4) is 0 Å². The molecular weight excluding hydrogens is 276 g/mol. The Balaban J connectivity index is 2.59. The van der Waals surface area contributed by atoms with E-state index in [1.54, 1.807) is 0 Å². The monoisotopic (exact) mass is 294 g/mol. The maximum Gasteiger partial charge on any atom is 0.0629 e. The second-order valence-electron chi connectivity index (χ2n) is 4.63. The second-order valence-corrected chi connectivity index (χ2v) is 5.48. The molecule has 1 N–H and O–H groups in total. The van der Waals surface area contributed by atoms with Crippen LogP contribution in [0.1, 0.15) is 25.6 Å². The summed E-state index contributed by atoms with van der Waals surface area (Å²) in [5.74, 6) is 0. The van der Waals surface area contributed by atoms with Gasteiger partial charge in [-0.25, -0.2) is 0 Å². The van der Waals surface area contributed by atoms with Crippen LogP contribution in [0.15, 0.2) is 28.7 Å². The quantitative estimate of drug-likeness (QED) is 0.909. The first-order chi connectivity index (χ1) is 8.15. The fourth-order valence-corrected chi connectivity index (χ4v) is 2.90. The minimum Gasteiger partial charge on any atom is -0.341 e. The molecular formula is C14H19BrN2. The Morgan fingerprint density at radius 2 is 2.12 bits per heavy atom. The summed E-state index contributed by atoms with van der Waals surface area (Å²) in [5.41, 5.74) is 2.71. The number of para-hydroxylation sites is 1. The van der Waals surface area contributed by atoms with Crippen LogP contribution in [0.25, 0.3) is 10.9 Å². The van der Waals surface area contributed by atoms with E-state index in [2.05, 4.69) is 63.9 Å². The predicted molar refractivity (Wildman–Crippen MR) is 77.7 cm³/mol. The number of nitrogens with zero attached hydrogens (tertiary/aromatic N) is 1. The number of hydrogen-bond acceptors (Lipinski definition) is 1.